The number of amides is 2. The summed E-state index contributed by atoms with van der Waals surface area (Å²) in [6.07, 6.45) is 1.65. The van der Waals surface area contributed by atoms with Crippen molar-refractivity contribution in [3.8, 4) is 17.4 Å². The zero-order chi connectivity index (χ0) is 20.6. The number of pyridine rings is 1. The Bertz CT molecular complexity index is 946. The van der Waals surface area contributed by atoms with Gasteiger partial charge in [-0.3, -0.25) is 0 Å². The summed E-state index contributed by atoms with van der Waals surface area (Å²) in [4.78, 5) is 16.4. The van der Waals surface area contributed by atoms with E-state index in [0.29, 0.717) is 18.2 Å². The first kappa shape index (κ1) is 20.7. The lowest BCUT2D eigenvalue weighted by Gasteiger charge is -2.15. The first-order valence-electron chi connectivity index (χ1n) is 9.10. The van der Waals surface area contributed by atoms with Gasteiger partial charge in [0.15, 0.2) is 0 Å². The molecule has 1 heterocycles. The zero-order valence-corrected chi connectivity index (χ0v) is 17.8. The van der Waals surface area contributed by atoms with E-state index in [1.165, 1.54) is 0 Å². The van der Waals surface area contributed by atoms with Gasteiger partial charge in [0.25, 0.3) is 0 Å². The van der Waals surface area contributed by atoms with Gasteiger partial charge in [0.05, 0.1) is 13.2 Å². The third kappa shape index (κ3) is 6.22. The Balaban J connectivity index is 1.52. The van der Waals surface area contributed by atoms with Crippen LogP contribution in [0.4, 0.5) is 4.79 Å². The molecule has 0 fully saturated rings. The molecule has 1 aromatic heterocycles. The van der Waals surface area contributed by atoms with Crippen LogP contribution in [0.1, 0.15) is 24.1 Å². The van der Waals surface area contributed by atoms with Crippen LogP contribution in [0.5, 0.6) is 17.4 Å². The van der Waals surface area contributed by atoms with Crippen molar-refractivity contribution in [2.24, 2.45) is 0 Å². The largest absolute Gasteiger partial charge is 0.497 e. The number of carbonyl (C=O) groups excluding carboxylic acids is 1. The molecule has 7 heteroatoms. The summed E-state index contributed by atoms with van der Waals surface area (Å²) in [5.74, 6) is 1.87. The molecule has 0 aliphatic carbocycles. The SMILES string of the molecule is COc1ccc(Oc2cc(CNC(=O)NC(C)c3ccc(Br)cc3)ccn2)cc1. The molecule has 0 aliphatic heterocycles. The summed E-state index contributed by atoms with van der Waals surface area (Å²) < 4.78 is 11.9. The minimum Gasteiger partial charge on any atom is -0.497 e. The average Bonchev–Trinajstić information content (AvgIpc) is 2.73. The summed E-state index contributed by atoms with van der Waals surface area (Å²) in [6, 6.07) is 18.4. The fraction of sp³-hybridized carbons (Fsp3) is 0.182. The Morgan fingerprint density at radius 3 is 2.45 bits per heavy atom. The van der Waals surface area contributed by atoms with Crippen molar-refractivity contribution in [2.45, 2.75) is 19.5 Å². The van der Waals surface area contributed by atoms with Crippen molar-refractivity contribution in [1.29, 1.82) is 0 Å². The predicted octanol–water partition coefficient (Wildman–Crippen LogP) is 5.21. The van der Waals surface area contributed by atoms with Gasteiger partial charge in [0.2, 0.25) is 5.88 Å². The van der Waals surface area contributed by atoms with E-state index >= 15 is 0 Å². The van der Waals surface area contributed by atoms with Crippen LogP contribution < -0.4 is 20.1 Å². The summed E-state index contributed by atoms with van der Waals surface area (Å²) >= 11 is 3.41. The molecule has 3 aromatic rings. The van der Waals surface area contributed by atoms with Crippen molar-refractivity contribution in [1.82, 2.24) is 15.6 Å². The van der Waals surface area contributed by atoms with Crippen LogP contribution in [-0.4, -0.2) is 18.1 Å². The van der Waals surface area contributed by atoms with E-state index in [2.05, 4.69) is 31.5 Å². The number of hydrogen-bond donors (Lipinski definition) is 2. The Labute approximate surface area is 178 Å². The topological polar surface area (TPSA) is 72.5 Å². The molecule has 0 saturated carbocycles. The fourth-order valence-electron chi connectivity index (χ4n) is 2.65. The molecule has 3 rings (SSSR count). The normalized spacial score (nSPS) is 11.4. The van der Waals surface area contributed by atoms with Crippen molar-refractivity contribution >= 4 is 22.0 Å². The molecule has 0 radical (unpaired) electrons. The van der Waals surface area contributed by atoms with Crippen LogP contribution in [0.25, 0.3) is 0 Å². The Morgan fingerprint density at radius 1 is 1.07 bits per heavy atom. The lowest BCUT2D eigenvalue weighted by atomic mass is 10.1. The highest BCUT2D eigenvalue weighted by Gasteiger charge is 2.09. The third-order valence-corrected chi connectivity index (χ3v) is 4.78. The highest BCUT2D eigenvalue weighted by molar-refractivity contribution is 9.10. The number of aromatic nitrogens is 1. The minimum atomic E-state index is -0.241. The van der Waals surface area contributed by atoms with Crippen molar-refractivity contribution in [2.75, 3.05) is 7.11 Å². The number of urea groups is 1. The lowest BCUT2D eigenvalue weighted by Crippen LogP contribution is -2.36. The molecule has 0 aliphatic rings. The van der Waals surface area contributed by atoms with Crippen LogP contribution in [0.3, 0.4) is 0 Å². The molecule has 1 unspecified atom stereocenters. The molecule has 0 saturated heterocycles. The van der Waals surface area contributed by atoms with Gasteiger partial charge in [-0.05, 0) is 60.5 Å². The van der Waals surface area contributed by atoms with Crippen molar-refractivity contribution in [3.63, 3.8) is 0 Å². The number of nitrogens with zero attached hydrogens (tertiary/aromatic N) is 1. The fourth-order valence-corrected chi connectivity index (χ4v) is 2.91. The van der Waals surface area contributed by atoms with Crippen molar-refractivity contribution < 1.29 is 14.3 Å². The number of halogens is 1. The highest BCUT2D eigenvalue weighted by atomic mass is 79.9. The minimum absolute atomic E-state index is 0.102. The van der Waals surface area contributed by atoms with Gasteiger partial charge < -0.3 is 20.1 Å². The molecule has 1 atom stereocenters. The van der Waals surface area contributed by atoms with E-state index in [1.807, 2.05) is 61.5 Å². The molecule has 150 valence electrons. The van der Waals surface area contributed by atoms with Crippen LogP contribution in [0, 0.1) is 0 Å². The number of benzene rings is 2. The predicted molar refractivity (Wildman–Crippen MR) is 115 cm³/mol. The highest BCUT2D eigenvalue weighted by Crippen LogP contribution is 2.23. The van der Waals surface area contributed by atoms with Crippen molar-refractivity contribution in [3.05, 3.63) is 82.5 Å². The zero-order valence-electron chi connectivity index (χ0n) is 16.2. The second kappa shape index (κ2) is 9.93. The summed E-state index contributed by atoms with van der Waals surface area (Å²) in [7, 11) is 1.61. The maximum absolute atomic E-state index is 12.2. The summed E-state index contributed by atoms with van der Waals surface area (Å²) in [6.45, 7) is 2.30. The van der Waals surface area contributed by atoms with E-state index in [9.17, 15) is 4.79 Å². The number of carbonyl (C=O) groups is 1. The van der Waals surface area contributed by atoms with E-state index in [-0.39, 0.29) is 12.1 Å². The van der Waals surface area contributed by atoms with Gasteiger partial charge >= 0.3 is 6.03 Å². The van der Waals surface area contributed by atoms with Crippen LogP contribution in [0.2, 0.25) is 0 Å². The van der Waals surface area contributed by atoms with E-state index in [4.69, 9.17) is 9.47 Å². The maximum atomic E-state index is 12.2. The van der Waals surface area contributed by atoms with E-state index < -0.39 is 0 Å². The number of rotatable bonds is 7. The van der Waals surface area contributed by atoms with Gasteiger partial charge in [-0.25, -0.2) is 9.78 Å². The van der Waals surface area contributed by atoms with Crippen LogP contribution in [-0.2, 0) is 6.54 Å². The Hall–Kier alpha value is -3.06. The monoisotopic (exact) mass is 455 g/mol. The molecule has 0 spiro atoms. The molecule has 6 nitrogen and oxygen atoms in total. The number of nitrogens with one attached hydrogen (secondary N) is 2. The van der Waals surface area contributed by atoms with E-state index in [1.54, 1.807) is 19.4 Å². The first-order valence-corrected chi connectivity index (χ1v) is 9.89. The van der Waals surface area contributed by atoms with E-state index in [0.717, 1.165) is 21.3 Å². The van der Waals surface area contributed by atoms with Gasteiger partial charge in [-0.2, -0.15) is 0 Å². The number of ether oxygens (including phenoxy) is 2. The summed E-state index contributed by atoms with van der Waals surface area (Å²) in [5.41, 5.74) is 1.91. The third-order valence-electron chi connectivity index (χ3n) is 4.25. The maximum Gasteiger partial charge on any atom is 0.315 e. The van der Waals surface area contributed by atoms with Gasteiger partial charge in [-0.15, -0.1) is 0 Å². The number of methoxy groups -OCH3 is 1. The molecular formula is C22H22BrN3O3. The smallest absolute Gasteiger partial charge is 0.315 e. The lowest BCUT2D eigenvalue weighted by molar-refractivity contribution is 0.237. The van der Waals surface area contributed by atoms with Crippen LogP contribution in [0.15, 0.2) is 71.3 Å². The molecule has 2 amide bonds. The molecule has 0 bridgehead atoms. The Kier molecular flexibility index (Phi) is 7.08. The second-order valence-corrected chi connectivity index (χ2v) is 7.30. The first-order chi connectivity index (χ1) is 14.0. The van der Waals surface area contributed by atoms with Gasteiger partial charge in [-0.1, -0.05) is 28.1 Å². The summed E-state index contributed by atoms with van der Waals surface area (Å²) in [5, 5.41) is 5.79. The number of hydrogen-bond acceptors (Lipinski definition) is 4. The molecule has 29 heavy (non-hydrogen) atoms. The molecule has 2 N–H and O–H groups in total. The second-order valence-electron chi connectivity index (χ2n) is 6.38. The Morgan fingerprint density at radius 2 is 1.76 bits per heavy atom. The average molecular weight is 456 g/mol. The van der Waals surface area contributed by atoms with Crippen LogP contribution >= 0.6 is 15.9 Å². The van der Waals surface area contributed by atoms with Gasteiger partial charge in [0.1, 0.15) is 11.5 Å². The molecule has 2 aromatic carbocycles. The quantitative estimate of drug-likeness (QED) is 0.512. The molecular weight excluding hydrogens is 434 g/mol. The van der Waals surface area contributed by atoms with Gasteiger partial charge in [0, 0.05) is 23.3 Å². The standard InChI is InChI=1S/C22H22BrN3O3/c1-15(17-3-5-18(23)6-4-17)26-22(27)25-14-16-11-12-24-21(13-16)29-20-9-7-19(28-2)8-10-20/h3-13,15H,14H2,1-2H3,(H2,25,26,27).